The Bertz CT molecular complexity index is 914. The number of halogens is 1. The summed E-state index contributed by atoms with van der Waals surface area (Å²) in [5.74, 6) is 1.69. The quantitative estimate of drug-likeness (QED) is 0.528. The zero-order valence-electron chi connectivity index (χ0n) is 18.6. The van der Waals surface area contributed by atoms with E-state index in [2.05, 4.69) is 38.2 Å². The van der Waals surface area contributed by atoms with Crippen molar-refractivity contribution in [3.05, 3.63) is 57.5 Å². The first-order chi connectivity index (χ1) is 14.9. The van der Waals surface area contributed by atoms with E-state index >= 15 is 0 Å². The maximum absolute atomic E-state index is 11.9. The molecule has 4 nitrogen and oxygen atoms in total. The lowest BCUT2D eigenvalue weighted by molar-refractivity contribution is 0.137. The minimum atomic E-state index is -0.964. The fourth-order valence-electron chi connectivity index (χ4n) is 4.83. The van der Waals surface area contributed by atoms with E-state index < -0.39 is 10.8 Å². The average molecular weight is 462 g/mol. The molecule has 6 unspecified atom stereocenters. The van der Waals surface area contributed by atoms with E-state index in [0.717, 1.165) is 47.1 Å². The molecule has 31 heavy (non-hydrogen) atoms. The molecule has 2 aliphatic carbocycles. The van der Waals surface area contributed by atoms with Gasteiger partial charge in [-0.05, 0) is 43.3 Å². The first-order valence-corrected chi connectivity index (χ1v) is 13.2. The molecule has 2 heterocycles. The second-order valence-corrected chi connectivity index (χ2v) is 10.8. The summed E-state index contributed by atoms with van der Waals surface area (Å²) in [7, 11) is -0.964. The van der Waals surface area contributed by atoms with Gasteiger partial charge >= 0.3 is 0 Å². The molecular formula is C25H32ClNO3S. The van der Waals surface area contributed by atoms with Gasteiger partial charge in [0.25, 0.3) is 0 Å². The van der Waals surface area contributed by atoms with Crippen LogP contribution in [0.2, 0.25) is 0 Å². The summed E-state index contributed by atoms with van der Waals surface area (Å²) >= 11 is 6.16. The fourth-order valence-corrected chi connectivity index (χ4v) is 5.66. The van der Waals surface area contributed by atoms with Crippen molar-refractivity contribution in [2.45, 2.75) is 51.7 Å². The molecule has 0 bridgehead atoms. The van der Waals surface area contributed by atoms with E-state index in [0.29, 0.717) is 19.1 Å². The highest BCUT2D eigenvalue weighted by atomic mass is 35.5. The van der Waals surface area contributed by atoms with Crippen LogP contribution in [0.15, 0.2) is 62.5 Å². The lowest BCUT2D eigenvalue weighted by Crippen LogP contribution is -2.34. The Morgan fingerprint density at radius 3 is 2.77 bits per heavy atom. The first kappa shape index (κ1) is 22.8. The summed E-state index contributed by atoms with van der Waals surface area (Å²) in [6, 6.07) is 0.0545. The molecule has 0 aromatic carbocycles. The zero-order chi connectivity index (χ0) is 22.0. The number of nitrogens with zero attached hydrogens (tertiary/aromatic N) is 1. The number of rotatable bonds is 6. The number of aliphatic imine (C=N–C) groups is 1. The summed E-state index contributed by atoms with van der Waals surface area (Å²) in [6.45, 7) is 5.81. The van der Waals surface area contributed by atoms with Gasteiger partial charge in [-0.25, -0.2) is 4.99 Å². The molecule has 168 valence electrons. The third-order valence-corrected chi connectivity index (χ3v) is 7.99. The van der Waals surface area contributed by atoms with Crippen molar-refractivity contribution >= 4 is 28.3 Å². The summed E-state index contributed by atoms with van der Waals surface area (Å²) < 4.78 is 23.9. The van der Waals surface area contributed by atoms with Crippen LogP contribution in [-0.4, -0.2) is 41.7 Å². The van der Waals surface area contributed by atoms with Crippen molar-refractivity contribution in [1.29, 1.82) is 0 Å². The SMILES string of the molecule is CC(CC1OC(C2=CCOCC2)=NC1C1C=CC(S(C)=O)=CC1C)C1=CC=C(Cl)CC1. The Kier molecular flexibility index (Phi) is 7.35. The van der Waals surface area contributed by atoms with Crippen molar-refractivity contribution in [3.63, 3.8) is 0 Å². The van der Waals surface area contributed by atoms with Gasteiger partial charge in [-0.2, -0.15) is 0 Å². The van der Waals surface area contributed by atoms with Crippen LogP contribution in [0.3, 0.4) is 0 Å². The maximum atomic E-state index is 11.9. The minimum absolute atomic E-state index is 0.0233. The van der Waals surface area contributed by atoms with Gasteiger partial charge in [0, 0.05) is 44.9 Å². The molecule has 0 amide bonds. The Balaban J connectivity index is 1.55. The van der Waals surface area contributed by atoms with Crippen LogP contribution >= 0.6 is 11.6 Å². The smallest absolute Gasteiger partial charge is 0.212 e. The standard InChI is InChI=1S/C25H32ClNO3S/c1-16(18-4-6-20(26)7-5-18)15-23-24(22-9-8-21(31(3)28)14-17(22)2)27-25(30-23)19-10-12-29-13-11-19/h4,6,8-10,14,16-17,22-24H,5,7,11-13,15H2,1-3H3. The topological polar surface area (TPSA) is 47.9 Å². The van der Waals surface area contributed by atoms with Crippen molar-refractivity contribution in [2.24, 2.45) is 22.7 Å². The Morgan fingerprint density at radius 1 is 1.29 bits per heavy atom. The van der Waals surface area contributed by atoms with E-state index in [1.807, 2.05) is 12.2 Å². The Hall–Kier alpha value is -1.43. The lowest BCUT2D eigenvalue weighted by atomic mass is 9.79. The third kappa shape index (κ3) is 5.32. The summed E-state index contributed by atoms with van der Waals surface area (Å²) in [6.07, 6.45) is 18.1. The van der Waals surface area contributed by atoms with E-state index in [-0.39, 0.29) is 24.0 Å². The predicted octanol–water partition coefficient (Wildman–Crippen LogP) is 5.45. The molecule has 0 N–H and O–H groups in total. The average Bonchev–Trinajstić information content (AvgIpc) is 3.18. The van der Waals surface area contributed by atoms with Crippen LogP contribution in [-0.2, 0) is 20.3 Å². The molecule has 0 radical (unpaired) electrons. The Labute approximate surface area is 193 Å². The van der Waals surface area contributed by atoms with Crippen LogP contribution in [0.1, 0.15) is 39.5 Å². The van der Waals surface area contributed by atoms with E-state index in [1.165, 1.54) is 5.57 Å². The van der Waals surface area contributed by atoms with Crippen LogP contribution < -0.4 is 0 Å². The van der Waals surface area contributed by atoms with Crippen molar-refractivity contribution in [3.8, 4) is 0 Å². The predicted molar refractivity (Wildman–Crippen MR) is 129 cm³/mol. The highest BCUT2D eigenvalue weighted by Gasteiger charge is 2.40. The second kappa shape index (κ2) is 10.0. The Morgan fingerprint density at radius 2 is 2.13 bits per heavy atom. The van der Waals surface area contributed by atoms with E-state index in [1.54, 1.807) is 6.26 Å². The van der Waals surface area contributed by atoms with Crippen molar-refractivity contribution < 1.29 is 13.7 Å². The largest absolute Gasteiger partial charge is 0.472 e. The van der Waals surface area contributed by atoms with Gasteiger partial charge in [0.1, 0.15) is 6.10 Å². The molecule has 0 spiro atoms. The van der Waals surface area contributed by atoms with Gasteiger partial charge in [-0.3, -0.25) is 4.21 Å². The molecule has 0 fully saturated rings. The zero-order valence-corrected chi connectivity index (χ0v) is 20.1. The van der Waals surface area contributed by atoms with Crippen LogP contribution in [0.4, 0.5) is 0 Å². The normalized spacial score (nSPS) is 32.8. The molecule has 2 aliphatic heterocycles. The molecular weight excluding hydrogens is 430 g/mol. The highest BCUT2D eigenvalue weighted by Crippen LogP contribution is 2.38. The second-order valence-electron chi connectivity index (χ2n) is 8.95. The molecule has 6 atom stereocenters. The molecule has 4 aliphatic rings. The van der Waals surface area contributed by atoms with Crippen LogP contribution in [0, 0.1) is 17.8 Å². The van der Waals surface area contributed by atoms with Gasteiger partial charge in [0.2, 0.25) is 5.90 Å². The van der Waals surface area contributed by atoms with Gasteiger partial charge < -0.3 is 9.47 Å². The monoisotopic (exact) mass is 461 g/mol. The third-order valence-electron chi connectivity index (χ3n) is 6.74. The number of allylic oxidation sites excluding steroid dienone is 6. The highest BCUT2D eigenvalue weighted by molar-refractivity contribution is 7.88. The van der Waals surface area contributed by atoms with Crippen LogP contribution in [0.25, 0.3) is 0 Å². The molecule has 0 saturated heterocycles. The molecule has 4 rings (SSSR count). The molecule has 6 heteroatoms. The van der Waals surface area contributed by atoms with Gasteiger partial charge in [-0.1, -0.05) is 55.3 Å². The number of hydrogen-bond donors (Lipinski definition) is 0. The van der Waals surface area contributed by atoms with Gasteiger partial charge in [-0.15, -0.1) is 0 Å². The molecule has 0 aromatic rings. The lowest BCUT2D eigenvalue weighted by Gasteiger charge is -2.31. The maximum Gasteiger partial charge on any atom is 0.212 e. The first-order valence-electron chi connectivity index (χ1n) is 11.2. The summed E-state index contributed by atoms with van der Waals surface area (Å²) in [5, 5.41) is 0.931. The van der Waals surface area contributed by atoms with Gasteiger partial charge in [0.15, 0.2) is 0 Å². The van der Waals surface area contributed by atoms with Crippen molar-refractivity contribution in [2.75, 3.05) is 19.5 Å². The minimum Gasteiger partial charge on any atom is -0.472 e. The molecule has 0 aromatic heterocycles. The summed E-state index contributed by atoms with van der Waals surface area (Å²) in [4.78, 5) is 6.01. The van der Waals surface area contributed by atoms with Crippen molar-refractivity contribution in [1.82, 2.24) is 0 Å². The number of hydrogen-bond acceptors (Lipinski definition) is 4. The number of ether oxygens (including phenoxy) is 2. The summed E-state index contributed by atoms with van der Waals surface area (Å²) in [5.41, 5.74) is 2.60. The van der Waals surface area contributed by atoms with E-state index in [4.69, 9.17) is 26.1 Å². The van der Waals surface area contributed by atoms with Crippen LogP contribution in [0.5, 0.6) is 0 Å². The fraction of sp³-hybridized carbons (Fsp3) is 0.560. The van der Waals surface area contributed by atoms with E-state index in [9.17, 15) is 4.21 Å². The molecule has 0 saturated carbocycles. The van der Waals surface area contributed by atoms with Gasteiger partial charge in [0.05, 0.1) is 19.3 Å².